The van der Waals surface area contributed by atoms with Crippen LogP contribution >= 0.6 is 0 Å². The summed E-state index contributed by atoms with van der Waals surface area (Å²) in [6.45, 7) is 4.75. The van der Waals surface area contributed by atoms with Gasteiger partial charge in [-0.3, -0.25) is 14.4 Å². The average Bonchev–Trinajstić information content (AvgIpc) is 2.97. The number of nitrogens with one attached hydrogen (secondary N) is 1. The predicted octanol–water partition coefficient (Wildman–Crippen LogP) is 1.11. The lowest BCUT2D eigenvalue weighted by atomic mass is 10.1. The fourth-order valence-corrected chi connectivity index (χ4v) is 1.80. The lowest BCUT2D eigenvalue weighted by Gasteiger charge is -2.29. The van der Waals surface area contributed by atoms with E-state index in [1.807, 2.05) is 6.92 Å². The van der Waals surface area contributed by atoms with E-state index in [1.165, 1.54) is 24.2 Å². The molecule has 1 heterocycles. The predicted molar refractivity (Wildman–Crippen MR) is 74.7 cm³/mol. The van der Waals surface area contributed by atoms with Gasteiger partial charge in [-0.25, -0.2) is 0 Å². The van der Waals surface area contributed by atoms with Gasteiger partial charge in [-0.05, 0) is 32.4 Å². The first-order chi connectivity index (χ1) is 9.86. The summed E-state index contributed by atoms with van der Waals surface area (Å²) in [7, 11) is 0. The van der Waals surface area contributed by atoms with Gasteiger partial charge in [0, 0.05) is 6.04 Å². The second kappa shape index (κ2) is 7.47. The molecule has 0 radical (unpaired) electrons. The molecule has 0 bridgehead atoms. The summed E-state index contributed by atoms with van der Waals surface area (Å²) in [6, 6.07) is 1.99. The van der Waals surface area contributed by atoms with Crippen molar-refractivity contribution in [1.29, 1.82) is 0 Å². The second-order valence-electron chi connectivity index (χ2n) is 4.79. The summed E-state index contributed by atoms with van der Waals surface area (Å²) in [4.78, 5) is 36.2. The van der Waals surface area contributed by atoms with E-state index in [0.29, 0.717) is 6.42 Å². The number of hydrogen-bond donors (Lipinski definition) is 2. The number of hydrogen-bond acceptors (Lipinski definition) is 4. The van der Waals surface area contributed by atoms with Crippen LogP contribution in [0, 0.1) is 0 Å². The second-order valence-corrected chi connectivity index (χ2v) is 4.79. The molecule has 0 aliphatic rings. The first kappa shape index (κ1) is 16.7. The fraction of sp³-hybridized carbons (Fsp3) is 0.500. The summed E-state index contributed by atoms with van der Waals surface area (Å²) in [5.41, 5.74) is 0. The Morgan fingerprint density at radius 3 is 2.52 bits per heavy atom. The van der Waals surface area contributed by atoms with E-state index in [2.05, 4.69) is 5.32 Å². The number of rotatable bonds is 7. The molecule has 0 aromatic carbocycles. The van der Waals surface area contributed by atoms with Crippen LogP contribution in [0.3, 0.4) is 0 Å². The molecule has 1 aromatic rings. The molecule has 0 spiro atoms. The molecule has 0 aliphatic heterocycles. The van der Waals surface area contributed by atoms with Gasteiger partial charge in [-0.15, -0.1) is 0 Å². The largest absolute Gasteiger partial charge is 0.480 e. The molecule has 2 amide bonds. The molecule has 1 rings (SSSR count). The molecule has 1 aromatic heterocycles. The minimum atomic E-state index is -1.09. The van der Waals surface area contributed by atoms with Crippen LogP contribution < -0.4 is 5.32 Å². The van der Waals surface area contributed by atoms with Crippen LogP contribution in [0.2, 0.25) is 0 Å². The van der Waals surface area contributed by atoms with E-state index in [0.717, 1.165) is 0 Å². The Balaban J connectivity index is 2.73. The lowest BCUT2D eigenvalue weighted by molar-refractivity contribution is -0.146. The Bertz CT molecular complexity index is 497. The Labute approximate surface area is 122 Å². The summed E-state index contributed by atoms with van der Waals surface area (Å²) in [5.74, 6) is -1.94. The summed E-state index contributed by atoms with van der Waals surface area (Å²) in [5, 5.41) is 11.4. The molecule has 21 heavy (non-hydrogen) atoms. The van der Waals surface area contributed by atoms with Gasteiger partial charge in [0.15, 0.2) is 5.76 Å². The number of carboxylic acid groups (broad SMARTS) is 1. The van der Waals surface area contributed by atoms with Gasteiger partial charge in [0.05, 0.1) is 6.26 Å². The van der Waals surface area contributed by atoms with E-state index in [1.54, 1.807) is 13.0 Å². The molecule has 7 nitrogen and oxygen atoms in total. The third kappa shape index (κ3) is 4.62. The molecule has 2 atom stereocenters. The maximum atomic E-state index is 12.3. The van der Waals surface area contributed by atoms with E-state index >= 15 is 0 Å². The molecular weight excluding hydrogens is 276 g/mol. The third-order valence-electron chi connectivity index (χ3n) is 3.17. The highest BCUT2D eigenvalue weighted by atomic mass is 16.4. The van der Waals surface area contributed by atoms with Crippen LogP contribution in [-0.2, 0) is 9.59 Å². The van der Waals surface area contributed by atoms with Gasteiger partial charge in [-0.1, -0.05) is 6.92 Å². The molecule has 0 saturated carbocycles. The van der Waals surface area contributed by atoms with Gasteiger partial charge >= 0.3 is 5.97 Å². The zero-order valence-corrected chi connectivity index (χ0v) is 12.3. The standard InChI is InChI=1S/C14H20N2O5/c1-4-9(2)16(8-12(17)18)14(20)10(3)15-13(19)11-6-5-7-21-11/h5-7,9-10H,4,8H2,1-3H3,(H,15,19)(H,17,18). The summed E-state index contributed by atoms with van der Waals surface area (Å²) >= 11 is 0. The molecule has 116 valence electrons. The van der Waals surface area contributed by atoms with Crippen molar-refractivity contribution in [1.82, 2.24) is 10.2 Å². The SMILES string of the molecule is CCC(C)N(CC(=O)O)C(=O)C(C)NC(=O)c1ccco1. The van der Waals surface area contributed by atoms with E-state index in [4.69, 9.17) is 9.52 Å². The maximum Gasteiger partial charge on any atom is 0.323 e. The quantitative estimate of drug-likeness (QED) is 0.785. The molecule has 0 aliphatic carbocycles. The molecular formula is C14H20N2O5. The Kier molecular flexibility index (Phi) is 5.95. The summed E-state index contributed by atoms with van der Waals surface area (Å²) < 4.78 is 4.94. The lowest BCUT2D eigenvalue weighted by Crippen LogP contribution is -2.51. The van der Waals surface area contributed by atoms with E-state index < -0.39 is 30.4 Å². The smallest absolute Gasteiger partial charge is 0.323 e. The molecule has 7 heteroatoms. The topological polar surface area (TPSA) is 99.9 Å². The van der Waals surface area contributed by atoms with Crippen molar-refractivity contribution < 1.29 is 23.9 Å². The van der Waals surface area contributed by atoms with Crippen LogP contribution in [-0.4, -0.2) is 46.4 Å². The molecule has 0 fully saturated rings. The van der Waals surface area contributed by atoms with Gasteiger partial charge in [0.1, 0.15) is 12.6 Å². The zero-order chi connectivity index (χ0) is 16.0. The van der Waals surface area contributed by atoms with Crippen LogP contribution in [0.25, 0.3) is 0 Å². The molecule has 2 unspecified atom stereocenters. The molecule has 2 N–H and O–H groups in total. The van der Waals surface area contributed by atoms with E-state index in [9.17, 15) is 14.4 Å². The maximum absolute atomic E-state index is 12.3. The Morgan fingerprint density at radius 2 is 2.05 bits per heavy atom. The van der Waals surface area contributed by atoms with Gasteiger partial charge in [0.2, 0.25) is 5.91 Å². The van der Waals surface area contributed by atoms with Crippen LogP contribution in [0.4, 0.5) is 0 Å². The van der Waals surface area contributed by atoms with Gasteiger partial charge in [-0.2, -0.15) is 0 Å². The number of carbonyl (C=O) groups excluding carboxylic acids is 2. The third-order valence-corrected chi connectivity index (χ3v) is 3.17. The van der Waals surface area contributed by atoms with Crippen molar-refractivity contribution in [3.8, 4) is 0 Å². The van der Waals surface area contributed by atoms with Gasteiger partial charge in [0.25, 0.3) is 5.91 Å². The van der Waals surface area contributed by atoms with Crippen molar-refractivity contribution in [3.63, 3.8) is 0 Å². The number of aliphatic carboxylic acids is 1. The van der Waals surface area contributed by atoms with Crippen LogP contribution in [0.1, 0.15) is 37.7 Å². The van der Waals surface area contributed by atoms with Crippen LogP contribution in [0.15, 0.2) is 22.8 Å². The Morgan fingerprint density at radius 1 is 1.38 bits per heavy atom. The Hall–Kier alpha value is -2.31. The van der Waals surface area contributed by atoms with Crippen molar-refractivity contribution in [2.24, 2.45) is 0 Å². The number of nitrogens with zero attached hydrogens (tertiary/aromatic N) is 1. The minimum Gasteiger partial charge on any atom is -0.480 e. The first-order valence-corrected chi connectivity index (χ1v) is 6.73. The minimum absolute atomic E-state index is 0.1000. The molecule has 0 saturated heterocycles. The average molecular weight is 296 g/mol. The first-order valence-electron chi connectivity index (χ1n) is 6.73. The highest BCUT2D eigenvalue weighted by Gasteiger charge is 2.27. The normalized spacial score (nSPS) is 13.3. The fourth-order valence-electron chi connectivity index (χ4n) is 1.80. The van der Waals surface area contributed by atoms with Gasteiger partial charge < -0.3 is 19.7 Å². The number of carboxylic acids is 1. The number of carbonyl (C=O) groups is 3. The number of amides is 2. The van der Waals surface area contributed by atoms with Crippen molar-refractivity contribution in [2.45, 2.75) is 39.3 Å². The highest BCUT2D eigenvalue weighted by molar-refractivity contribution is 5.95. The van der Waals surface area contributed by atoms with Crippen molar-refractivity contribution in [3.05, 3.63) is 24.2 Å². The zero-order valence-electron chi connectivity index (χ0n) is 12.3. The van der Waals surface area contributed by atoms with Crippen LogP contribution in [0.5, 0.6) is 0 Å². The van der Waals surface area contributed by atoms with Crippen molar-refractivity contribution >= 4 is 17.8 Å². The summed E-state index contributed by atoms with van der Waals surface area (Å²) in [6.07, 6.45) is 1.98. The van der Waals surface area contributed by atoms with E-state index in [-0.39, 0.29) is 11.8 Å². The monoisotopic (exact) mass is 296 g/mol. The number of furan rings is 1. The van der Waals surface area contributed by atoms with Crippen molar-refractivity contribution in [2.75, 3.05) is 6.54 Å². The highest BCUT2D eigenvalue weighted by Crippen LogP contribution is 2.07.